The zero-order valence-electron chi connectivity index (χ0n) is 17.3. The number of hydrogen-bond donors (Lipinski definition) is 1. The Morgan fingerprint density at radius 2 is 1.97 bits per heavy atom. The highest BCUT2D eigenvalue weighted by atomic mass is 32.1. The molecule has 1 aromatic heterocycles. The number of ketones is 1. The van der Waals surface area contributed by atoms with Crippen molar-refractivity contribution in [2.45, 2.75) is 25.9 Å². The summed E-state index contributed by atoms with van der Waals surface area (Å²) in [4.78, 5) is 28.5. The fraction of sp³-hybridized carbons (Fsp3) is 0.200. The molecule has 1 unspecified atom stereocenters. The van der Waals surface area contributed by atoms with Crippen LogP contribution in [-0.2, 0) is 22.6 Å². The van der Waals surface area contributed by atoms with Crippen LogP contribution >= 0.6 is 11.3 Å². The van der Waals surface area contributed by atoms with E-state index in [4.69, 9.17) is 4.74 Å². The molecule has 1 atom stereocenters. The predicted molar refractivity (Wildman–Crippen MR) is 119 cm³/mol. The summed E-state index contributed by atoms with van der Waals surface area (Å²) in [6, 6.07) is 12.3. The first-order valence-electron chi connectivity index (χ1n) is 10.3. The van der Waals surface area contributed by atoms with E-state index in [-0.39, 0.29) is 23.7 Å². The molecule has 0 saturated carbocycles. The number of benzene rings is 2. The molecule has 0 bridgehead atoms. The lowest BCUT2D eigenvalue weighted by atomic mass is 9.97. The minimum Gasteiger partial charge on any atom is -0.507 e. The average Bonchev–Trinajstić information content (AvgIpc) is 3.49. The van der Waals surface area contributed by atoms with Gasteiger partial charge in [0.1, 0.15) is 23.4 Å². The number of rotatable bonds is 4. The molecule has 0 aliphatic carbocycles. The molecule has 5 nitrogen and oxygen atoms in total. The molecule has 2 aliphatic rings. The highest BCUT2D eigenvalue weighted by Gasteiger charge is 2.47. The first-order valence-corrected chi connectivity index (χ1v) is 11.1. The van der Waals surface area contributed by atoms with E-state index in [2.05, 4.69) is 0 Å². The van der Waals surface area contributed by atoms with Gasteiger partial charge in [-0.1, -0.05) is 12.1 Å². The fourth-order valence-electron chi connectivity index (χ4n) is 4.26. The smallest absolute Gasteiger partial charge is 0.295 e. The highest BCUT2D eigenvalue weighted by Crippen LogP contribution is 2.43. The van der Waals surface area contributed by atoms with Crippen molar-refractivity contribution in [2.75, 3.05) is 6.61 Å². The molecule has 1 fully saturated rings. The maximum Gasteiger partial charge on any atom is 0.295 e. The number of aliphatic hydroxyl groups excluding tert-OH is 1. The summed E-state index contributed by atoms with van der Waals surface area (Å²) in [7, 11) is 0. The third kappa shape index (κ3) is 3.39. The standard InChI is InChI=1S/C25H20FNO4S/c1-14-9-11-32-24(14)21-20(22(28)17-4-7-19-16(12-17)8-10-31-19)23(29)25(30)27(21)13-15-2-5-18(26)6-3-15/h2-7,9,11-12,21,28H,8,10,13H2,1H3/b22-20-. The first kappa shape index (κ1) is 20.5. The fourth-order valence-corrected chi connectivity index (χ4v) is 5.30. The number of aryl methyl sites for hydroxylation is 1. The highest BCUT2D eigenvalue weighted by molar-refractivity contribution is 7.10. The van der Waals surface area contributed by atoms with Crippen molar-refractivity contribution in [2.24, 2.45) is 0 Å². The van der Waals surface area contributed by atoms with Gasteiger partial charge in [0.05, 0.1) is 12.2 Å². The largest absolute Gasteiger partial charge is 0.507 e. The molecule has 3 aromatic rings. The molecule has 1 amide bonds. The SMILES string of the molecule is Cc1ccsc1C1/C(=C(/O)c2ccc3c(c2)CCO3)C(=O)C(=O)N1Cc1ccc(F)cc1. The van der Waals surface area contributed by atoms with Gasteiger partial charge in [0.2, 0.25) is 0 Å². The van der Waals surface area contributed by atoms with Crippen LogP contribution in [0.5, 0.6) is 5.75 Å². The van der Waals surface area contributed by atoms with Crippen LogP contribution in [0.15, 0.2) is 59.5 Å². The Labute approximate surface area is 188 Å². The topological polar surface area (TPSA) is 66.8 Å². The summed E-state index contributed by atoms with van der Waals surface area (Å²) < 4.78 is 18.9. The zero-order chi connectivity index (χ0) is 22.4. The van der Waals surface area contributed by atoms with Crippen molar-refractivity contribution in [3.8, 4) is 5.75 Å². The number of halogens is 1. The summed E-state index contributed by atoms with van der Waals surface area (Å²) in [5.41, 5.74) is 3.13. The third-order valence-corrected chi connectivity index (χ3v) is 6.99. The van der Waals surface area contributed by atoms with Crippen LogP contribution in [0.25, 0.3) is 5.76 Å². The van der Waals surface area contributed by atoms with Crippen molar-refractivity contribution >= 4 is 28.8 Å². The molecular formula is C25H20FNO4S. The third-order valence-electron chi connectivity index (χ3n) is 5.92. The molecule has 7 heteroatoms. The number of hydrogen-bond acceptors (Lipinski definition) is 5. The van der Waals surface area contributed by atoms with Crippen LogP contribution in [0.2, 0.25) is 0 Å². The number of carbonyl (C=O) groups is 2. The van der Waals surface area contributed by atoms with Gasteiger partial charge in [-0.2, -0.15) is 0 Å². The number of Topliss-reactive ketones (excluding diaryl/α,β-unsaturated/α-hetero) is 1. The minimum atomic E-state index is -0.723. The quantitative estimate of drug-likeness (QED) is 0.355. The Morgan fingerprint density at radius 1 is 1.19 bits per heavy atom. The Balaban J connectivity index is 1.63. The predicted octanol–water partition coefficient (Wildman–Crippen LogP) is 4.75. The van der Waals surface area contributed by atoms with Crippen molar-refractivity contribution < 1.29 is 23.8 Å². The summed E-state index contributed by atoms with van der Waals surface area (Å²) >= 11 is 1.43. The first-order chi connectivity index (χ1) is 15.4. The number of amides is 1. The summed E-state index contributed by atoms with van der Waals surface area (Å²) in [6.45, 7) is 2.62. The van der Waals surface area contributed by atoms with Gasteiger partial charge in [0.25, 0.3) is 11.7 Å². The van der Waals surface area contributed by atoms with Gasteiger partial charge in [-0.05, 0) is 65.4 Å². The Morgan fingerprint density at radius 3 is 2.69 bits per heavy atom. The van der Waals surface area contributed by atoms with Crippen molar-refractivity contribution in [1.82, 2.24) is 4.90 Å². The Kier molecular flexibility index (Phi) is 5.06. The van der Waals surface area contributed by atoms with Gasteiger partial charge < -0.3 is 14.7 Å². The molecule has 32 heavy (non-hydrogen) atoms. The van der Waals surface area contributed by atoms with E-state index >= 15 is 0 Å². The molecule has 162 valence electrons. The van der Waals surface area contributed by atoms with E-state index in [1.165, 1.54) is 28.4 Å². The molecule has 5 rings (SSSR count). The number of ether oxygens (including phenoxy) is 1. The minimum absolute atomic E-state index is 0.0709. The van der Waals surface area contributed by atoms with Crippen LogP contribution in [0.3, 0.4) is 0 Å². The summed E-state index contributed by atoms with van der Waals surface area (Å²) in [6.07, 6.45) is 0.725. The van der Waals surface area contributed by atoms with Gasteiger partial charge in [-0.15, -0.1) is 11.3 Å². The van der Waals surface area contributed by atoms with Gasteiger partial charge in [0, 0.05) is 23.4 Å². The van der Waals surface area contributed by atoms with Gasteiger partial charge in [0.15, 0.2) is 0 Å². The lowest BCUT2D eigenvalue weighted by Gasteiger charge is -2.25. The second kappa shape index (κ2) is 7.91. The molecule has 1 saturated heterocycles. The second-order valence-corrected chi connectivity index (χ2v) is 8.89. The van der Waals surface area contributed by atoms with Gasteiger partial charge in [-0.3, -0.25) is 9.59 Å². The van der Waals surface area contributed by atoms with E-state index < -0.39 is 17.7 Å². The molecule has 0 radical (unpaired) electrons. The van der Waals surface area contributed by atoms with Crippen LogP contribution in [0.4, 0.5) is 4.39 Å². The maximum atomic E-state index is 13.4. The van der Waals surface area contributed by atoms with E-state index in [0.717, 1.165) is 28.2 Å². The molecule has 2 aromatic carbocycles. The average molecular weight is 450 g/mol. The van der Waals surface area contributed by atoms with Gasteiger partial charge >= 0.3 is 0 Å². The summed E-state index contributed by atoms with van der Waals surface area (Å²) in [5, 5.41) is 13.1. The zero-order valence-corrected chi connectivity index (χ0v) is 18.1. The lowest BCUT2D eigenvalue weighted by molar-refractivity contribution is -0.140. The molecule has 1 N–H and O–H groups in total. The molecule has 3 heterocycles. The number of aliphatic hydroxyl groups is 1. The van der Waals surface area contributed by atoms with Gasteiger partial charge in [-0.25, -0.2) is 4.39 Å². The van der Waals surface area contributed by atoms with E-state index in [9.17, 15) is 19.1 Å². The van der Waals surface area contributed by atoms with Crippen molar-refractivity contribution in [1.29, 1.82) is 0 Å². The Hall–Kier alpha value is -3.45. The lowest BCUT2D eigenvalue weighted by Crippen LogP contribution is -2.29. The maximum absolute atomic E-state index is 13.4. The Bertz CT molecular complexity index is 1260. The van der Waals surface area contributed by atoms with Crippen molar-refractivity contribution in [3.05, 3.63) is 92.4 Å². The molecule has 2 aliphatic heterocycles. The summed E-state index contributed by atoms with van der Waals surface area (Å²) in [5.74, 6) is -1.21. The van der Waals surface area contributed by atoms with Crippen LogP contribution in [-0.4, -0.2) is 28.3 Å². The second-order valence-electron chi connectivity index (χ2n) is 7.94. The van der Waals surface area contributed by atoms with Crippen molar-refractivity contribution in [3.63, 3.8) is 0 Å². The number of likely N-dealkylation sites (tertiary alicyclic amines) is 1. The number of carbonyl (C=O) groups excluding carboxylic acids is 2. The number of nitrogens with zero attached hydrogens (tertiary/aromatic N) is 1. The monoisotopic (exact) mass is 449 g/mol. The van der Waals surface area contributed by atoms with Crippen LogP contribution in [0.1, 0.15) is 33.2 Å². The number of thiophene rings is 1. The molecule has 0 spiro atoms. The van der Waals surface area contributed by atoms with E-state index in [1.54, 1.807) is 24.3 Å². The number of fused-ring (bicyclic) bond motifs is 1. The normalized spacial score (nSPS) is 19.3. The van der Waals surface area contributed by atoms with Crippen LogP contribution < -0.4 is 4.74 Å². The van der Waals surface area contributed by atoms with Crippen LogP contribution in [0, 0.1) is 12.7 Å². The van der Waals surface area contributed by atoms with E-state index in [0.29, 0.717) is 17.7 Å². The van der Waals surface area contributed by atoms with E-state index in [1.807, 2.05) is 24.4 Å². The molecular weight excluding hydrogens is 429 g/mol.